The zero-order chi connectivity index (χ0) is 13.1. The van der Waals surface area contributed by atoms with Crippen LogP contribution in [0.3, 0.4) is 0 Å². The third-order valence-corrected chi connectivity index (χ3v) is 3.63. The van der Waals surface area contributed by atoms with Crippen LogP contribution in [-0.2, 0) is 13.0 Å². The second-order valence-corrected chi connectivity index (χ2v) is 5.36. The Morgan fingerprint density at radius 3 is 2.84 bits per heavy atom. The summed E-state index contributed by atoms with van der Waals surface area (Å²) in [6.07, 6.45) is 5.38. The van der Waals surface area contributed by atoms with Crippen molar-refractivity contribution in [3.05, 3.63) is 53.9 Å². The van der Waals surface area contributed by atoms with Crippen LogP contribution in [0.4, 0.5) is 0 Å². The maximum atomic E-state index is 10.3. The quantitative estimate of drug-likeness (QED) is 0.865. The van der Waals surface area contributed by atoms with Crippen LogP contribution in [0.1, 0.15) is 17.5 Å². The highest BCUT2D eigenvalue weighted by molar-refractivity contribution is 5.16. The lowest BCUT2D eigenvalue weighted by Crippen LogP contribution is -2.33. The van der Waals surface area contributed by atoms with Crippen LogP contribution in [0.2, 0.25) is 0 Å². The average Bonchev–Trinajstić information content (AvgIpc) is 3.01. The van der Waals surface area contributed by atoms with E-state index in [0.717, 1.165) is 25.1 Å². The van der Waals surface area contributed by atoms with Crippen molar-refractivity contribution in [1.82, 2.24) is 15.1 Å². The predicted molar refractivity (Wildman–Crippen MR) is 73.9 cm³/mol. The molecule has 1 aromatic carbocycles. The van der Waals surface area contributed by atoms with E-state index in [2.05, 4.69) is 22.5 Å². The zero-order valence-corrected chi connectivity index (χ0v) is 10.9. The monoisotopic (exact) mass is 257 g/mol. The van der Waals surface area contributed by atoms with Gasteiger partial charge < -0.3 is 10.4 Å². The summed E-state index contributed by atoms with van der Waals surface area (Å²) in [4.78, 5) is 0. The van der Waals surface area contributed by atoms with Gasteiger partial charge in [0.05, 0.1) is 18.3 Å². The van der Waals surface area contributed by atoms with Gasteiger partial charge in [0.2, 0.25) is 0 Å². The first kappa shape index (κ1) is 12.4. The van der Waals surface area contributed by atoms with Crippen molar-refractivity contribution in [1.29, 1.82) is 0 Å². The fraction of sp³-hybridized carbons (Fsp3) is 0.400. The van der Waals surface area contributed by atoms with Crippen LogP contribution in [-0.4, -0.2) is 33.6 Å². The number of rotatable bonds is 4. The largest absolute Gasteiger partial charge is 0.388 e. The number of aliphatic hydroxyl groups is 1. The first-order valence-electron chi connectivity index (χ1n) is 6.72. The van der Waals surface area contributed by atoms with E-state index < -0.39 is 5.60 Å². The Morgan fingerprint density at radius 1 is 1.26 bits per heavy atom. The molecule has 2 heterocycles. The molecular weight excluding hydrogens is 238 g/mol. The lowest BCUT2D eigenvalue weighted by atomic mass is 9.96. The maximum absolute atomic E-state index is 10.3. The molecule has 19 heavy (non-hydrogen) atoms. The molecule has 1 atom stereocenters. The summed E-state index contributed by atoms with van der Waals surface area (Å²) in [5, 5.41) is 17.9. The molecule has 1 aromatic heterocycles. The van der Waals surface area contributed by atoms with E-state index in [0.29, 0.717) is 13.0 Å². The molecule has 0 amide bonds. The van der Waals surface area contributed by atoms with Crippen LogP contribution >= 0.6 is 0 Å². The molecule has 0 saturated carbocycles. The van der Waals surface area contributed by atoms with Gasteiger partial charge in [-0.15, -0.1) is 0 Å². The van der Waals surface area contributed by atoms with Crippen molar-refractivity contribution in [3.8, 4) is 0 Å². The molecule has 1 saturated heterocycles. The Balaban J connectivity index is 1.66. The molecule has 2 N–H and O–H groups in total. The number of nitrogens with zero attached hydrogens (tertiary/aromatic N) is 2. The number of hydrogen-bond acceptors (Lipinski definition) is 3. The summed E-state index contributed by atoms with van der Waals surface area (Å²) in [5.41, 5.74) is 1.74. The van der Waals surface area contributed by atoms with Crippen LogP contribution in [0, 0.1) is 0 Å². The van der Waals surface area contributed by atoms with E-state index in [1.54, 1.807) is 0 Å². The molecule has 0 aliphatic carbocycles. The zero-order valence-electron chi connectivity index (χ0n) is 10.9. The van der Waals surface area contributed by atoms with Gasteiger partial charge in [-0.3, -0.25) is 4.68 Å². The van der Waals surface area contributed by atoms with E-state index in [-0.39, 0.29) is 0 Å². The summed E-state index contributed by atoms with van der Waals surface area (Å²) < 4.78 is 1.93. The molecular formula is C15H19N3O. The predicted octanol–water partition coefficient (Wildman–Crippen LogP) is 1.20. The van der Waals surface area contributed by atoms with Crippen molar-refractivity contribution in [2.75, 3.05) is 13.1 Å². The van der Waals surface area contributed by atoms with Gasteiger partial charge in [0.15, 0.2) is 0 Å². The molecule has 0 bridgehead atoms. The van der Waals surface area contributed by atoms with Gasteiger partial charge in [0, 0.05) is 19.2 Å². The topological polar surface area (TPSA) is 50.1 Å². The van der Waals surface area contributed by atoms with Crippen molar-refractivity contribution in [2.45, 2.75) is 25.0 Å². The second-order valence-electron chi connectivity index (χ2n) is 5.36. The van der Waals surface area contributed by atoms with E-state index >= 15 is 0 Å². The SMILES string of the molecule is OC1(Cc2cnn(Cc3ccccc3)c2)CCNC1. The minimum Gasteiger partial charge on any atom is -0.388 e. The summed E-state index contributed by atoms with van der Waals surface area (Å²) in [5.74, 6) is 0. The number of β-amino-alcohol motifs (C(OH)–C–C–N with tert-alkyl or cyclic N) is 1. The number of hydrogen-bond donors (Lipinski definition) is 2. The maximum Gasteiger partial charge on any atom is 0.0824 e. The van der Waals surface area contributed by atoms with Gasteiger partial charge >= 0.3 is 0 Å². The van der Waals surface area contributed by atoms with Crippen LogP contribution in [0.5, 0.6) is 0 Å². The van der Waals surface area contributed by atoms with Gasteiger partial charge in [0.1, 0.15) is 0 Å². The van der Waals surface area contributed by atoms with E-state index in [1.165, 1.54) is 5.56 Å². The molecule has 4 heteroatoms. The molecule has 1 unspecified atom stereocenters. The second kappa shape index (κ2) is 5.15. The molecule has 1 aliphatic heterocycles. The Bertz CT molecular complexity index is 529. The lowest BCUT2D eigenvalue weighted by molar-refractivity contribution is 0.0619. The van der Waals surface area contributed by atoms with Crippen molar-refractivity contribution in [3.63, 3.8) is 0 Å². The van der Waals surface area contributed by atoms with E-state index in [4.69, 9.17) is 0 Å². The molecule has 1 fully saturated rings. The molecule has 1 aliphatic rings. The van der Waals surface area contributed by atoms with Crippen LogP contribution in [0.15, 0.2) is 42.7 Å². The Kier molecular flexibility index (Phi) is 3.36. The van der Waals surface area contributed by atoms with Crippen molar-refractivity contribution >= 4 is 0 Å². The normalized spacial score (nSPS) is 22.8. The summed E-state index contributed by atoms with van der Waals surface area (Å²) in [7, 11) is 0. The Labute approximate surface area is 113 Å². The number of nitrogens with one attached hydrogen (secondary N) is 1. The fourth-order valence-corrected chi connectivity index (χ4v) is 2.62. The molecule has 100 valence electrons. The highest BCUT2D eigenvalue weighted by Gasteiger charge is 2.31. The average molecular weight is 257 g/mol. The van der Waals surface area contributed by atoms with Gasteiger partial charge in [-0.2, -0.15) is 5.10 Å². The van der Waals surface area contributed by atoms with Crippen LogP contribution < -0.4 is 5.32 Å². The minimum atomic E-state index is -0.597. The highest BCUT2D eigenvalue weighted by Crippen LogP contribution is 2.20. The molecule has 0 radical (unpaired) electrons. The fourth-order valence-electron chi connectivity index (χ4n) is 2.62. The number of aromatic nitrogens is 2. The third-order valence-electron chi connectivity index (χ3n) is 3.63. The Hall–Kier alpha value is -1.65. The van der Waals surface area contributed by atoms with Gasteiger partial charge in [0.25, 0.3) is 0 Å². The Morgan fingerprint density at radius 2 is 2.11 bits per heavy atom. The van der Waals surface area contributed by atoms with E-state index in [9.17, 15) is 5.11 Å². The van der Waals surface area contributed by atoms with Gasteiger partial charge in [-0.1, -0.05) is 30.3 Å². The highest BCUT2D eigenvalue weighted by atomic mass is 16.3. The lowest BCUT2D eigenvalue weighted by Gasteiger charge is -2.19. The van der Waals surface area contributed by atoms with E-state index in [1.807, 2.05) is 35.3 Å². The molecule has 4 nitrogen and oxygen atoms in total. The molecule has 0 spiro atoms. The van der Waals surface area contributed by atoms with Crippen molar-refractivity contribution in [2.24, 2.45) is 0 Å². The van der Waals surface area contributed by atoms with Gasteiger partial charge in [-0.25, -0.2) is 0 Å². The molecule has 2 aromatic rings. The first-order chi connectivity index (χ1) is 9.23. The number of benzene rings is 1. The minimum absolute atomic E-state index is 0.597. The van der Waals surface area contributed by atoms with Crippen LogP contribution in [0.25, 0.3) is 0 Å². The first-order valence-corrected chi connectivity index (χ1v) is 6.72. The molecule has 3 rings (SSSR count). The summed E-state index contributed by atoms with van der Waals surface area (Å²) in [6.45, 7) is 2.35. The summed E-state index contributed by atoms with van der Waals surface area (Å²) >= 11 is 0. The van der Waals surface area contributed by atoms with Crippen molar-refractivity contribution < 1.29 is 5.11 Å². The standard InChI is InChI=1S/C15H19N3O/c19-15(6-7-16-12-15)8-14-9-17-18(11-14)10-13-4-2-1-3-5-13/h1-5,9,11,16,19H,6-8,10,12H2. The van der Waals surface area contributed by atoms with Gasteiger partial charge in [-0.05, 0) is 24.1 Å². The third kappa shape index (κ3) is 3.03. The smallest absolute Gasteiger partial charge is 0.0824 e. The summed E-state index contributed by atoms with van der Waals surface area (Å²) in [6, 6.07) is 10.3.